The minimum Gasteiger partial charge on any atom is -0.506 e. The van der Waals surface area contributed by atoms with E-state index in [0.717, 1.165) is 65.2 Å². The maximum atomic E-state index is 11.6. The number of furan rings is 1. The summed E-state index contributed by atoms with van der Waals surface area (Å²) in [5.74, 6) is 2.12. The van der Waals surface area contributed by atoms with E-state index < -0.39 is 0 Å². The summed E-state index contributed by atoms with van der Waals surface area (Å²) >= 11 is 1.13. The topological polar surface area (TPSA) is 92.2 Å². The minimum absolute atomic E-state index is 0.0517. The highest BCUT2D eigenvalue weighted by Crippen LogP contribution is 2.28. The minimum atomic E-state index is -0.153. The van der Waals surface area contributed by atoms with Crippen molar-refractivity contribution in [3.63, 3.8) is 0 Å². The predicted molar refractivity (Wildman–Crippen MR) is 101 cm³/mol. The second-order valence-corrected chi connectivity index (χ2v) is 7.52. The standard InChI is InChI=1S/C19H24N2O3S/c1-12-7-9-15(24-12)6-4-2-3-5-14(20)11-13-8-10-16(22)17-18(13)25-19(23)21-17/h7-10,14,22H,2-6,11,20H2,1H3,(H,21,23). The van der Waals surface area contributed by atoms with Crippen LogP contribution in [0.5, 0.6) is 5.75 Å². The van der Waals surface area contributed by atoms with Gasteiger partial charge in [0.2, 0.25) is 0 Å². The molecule has 0 saturated carbocycles. The van der Waals surface area contributed by atoms with Gasteiger partial charge in [0.1, 0.15) is 22.8 Å². The van der Waals surface area contributed by atoms with E-state index in [-0.39, 0.29) is 16.7 Å². The fraction of sp³-hybridized carbons (Fsp3) is 0.421. The van der Waals surface area contributed by atoms with Gasteiger partial charge in [-0.15, -0.1) is 0 Å². The fourth-order valence-electron chi connectivity index (χ4n) is 3.12. The first-order chi connectivity index (χ1) is 12.0. The zero-order valence-corrected chi connectivity index (χ0v) is 15.2. The van der Waals surface area contributed by atoms with Gasteiger partial charge in [0.25, 0.3) is 0 Å². The van der Waals surface area contributed by atoms with Crippen molar-refractivity contribution in [2.45, 2.75) is 51.5 Å². The summed E-state index contributed by atoms with van der Waals surface area (Å²) in [5, 5.41) is 9.84. The highest BCUT2D eigenvalue weighted by molar-refractivity contribution is 7.16. The van der Waals surface area contributed by atoms with Crippen LogP contribution < -0.4 is 10.6 Å². The summed E-state index contributed by atoms with van der Waals surface area (Å²) in [4.78, 5) is 14.1. The lowest BCUT2D eigenvalue weighted by molar-refractivity contribution is 0.467. The van der Waals surface area contributed by atoms with E-state index in [4.69, 9.17) is 10.2 Å². The van der Waals surface area contributed by atoms with Gasteiger partial charge in [0, 0.05) is 12.5 Å². The monoisotopic (exact) mass is 360 g/mol. The average molecular weight is 360 g/mol. The van der Waals surface area contributed by atoms with Crippen molar-refractivity contribution in [3.05, 3.63) is 51.0 Å². The Kier molecular flexibility index (Phi) is 5.60. The number of nitrogens with one attached hydrogen (secondary N) is 1. The molecule has 1 aromatic carbocycles. The van der Waals surface area contributed by atoms with Gasteiger partial charge in [0.15, 0.2) is 0 Å². The third kappa shape index (κ3) is 4.52. The third-order valence-corrected chi connectivity index (χ3v) is 5.37. The highest BCUT2D eigenvalue weighted by Gasteiger charge is 2.12. The van der Waals surface area contributed by atoms with Crippen molar-refractivity contribution in [1.82, 2.24) is 4.98 Å². The van der Waals surface area contributed by atoms with Crippen molar-refractivity contribution in [2.24, 2.45) is 5.73 Å². The second kappa shape index (κ2) is 7.89. The lowest BCUT2D eigenvalue weighted by Gasteiger charge is -2.12. The molecule has 0 aliphatic carbocycles. The number of aromatic amines is 1. The van der Waals surface area contributed by atoms with Crippen LogP contribution in [0.15, 0.2) is 33.5 Å². The molecule has 0 radical (unpaired) electrons. The van der Waals surface area contributed by atoms with Crippen LogP contribution in [0.25, 0.3) is 10.2 Å². The lowest BCUT2D eigenvalue weighted by atomic mass is 10.00. The number of benzene rings is 1. The second-order valence-electron chi connectivity index (χ2n) is 6.54. The molecule has 0 aliphatic rings. The number of aromatic hydroxyl groups is 1. The summed E-state index contributed by atoms with van der Waals surface area (Å²) in [5.41, 5.74) is 7.82. The van der Waals surface area contributed by atoms with Gasteiger partial charge in [-0.05, 0) is 49.9 Å². The number of aryl methyl sites for hydroxylation is 2. The largest absolute Gasteiger partial charge is 0.506 e. The number of fused-ring (bicyclic) bond motifs is 1. The number of phenols is 1. The molecule has 3 rings (SSSR count). The molecule has 1 unspecified atom stereocenters. The van der Waals surface area contributed by atoms with Crippen molar-refractivity contribution >= 4 is 21.6 Å². The number of unbranched alkanes of at least 4 members (excludes halogenated alkanes) is 2. The number of H-pyrrole nitrogens is 1. The Morgan fingerprint density at radius 3 is 2.84 bits per heavy atom. The zero-order valence-electron chi connectivity index (χ0n) is 14.4. The average Bonchev–Trinajstić information content (AvgIpc) is 3.16. The fourth-order valence-corrected chi connectivity index (χ4v) is 4.00. The van der Waals surface area contributed by atoms with Crippen LogP contribution in [0.4, 0.5) is 0 Å². The van der Waals surface area contributed by atoms with Crippen LogP contribution in [0.3, 0.4) is 0 Å². The van der Waals surface area contributed by atoms with Gasteiger partial charge < -0.3 is 20.2 Å². The number of nitrogens with two attached hydrogens (primary N) is 1. The Labute approximate surface area is 150 Å². The molecule has 5 nitrogen and oxygen atoms in total. The van der Waals surface area contributed by atoms with Crippen molar-refractivity contribution in [2.75, 3.05) is 0 Å². The first kappa shape index (κ1) is 17.8. The molecule has 0 amide bonds. The normalized spacial score (nSPS) is 12.7. The van der Waals surface area contributed by atoms with E-state index in [2.05, 4.69) is 4.98 Å². The van der Waals surface area contributed by atoms with Crippen molar-refractivity contribution < 1.29 is 9.52 Å². The number of hydrogen-bond donors (Lipinski definition) is 3. The van der Waals surface area contributed by atoms with Crippen LogP contribution in [-0.4, -0.2) is 16.1 Å². The molecule has 0 fully saturated rings. The summed E-state index contributed by atoms with van der Waals surface area (Å²) in [6.07, 6.45) is 5.92. The number of hydrogen-bond acceptors (Lipinski definition) is 5. The molecule has 0 bridgehead atoms. The third-order valence-electron chi connectivity index (χ3n) is 4.42. The quantitative estimate of drug-likeness (QED) is 0.532. The van der Waals surface area contributed by atoms with Gasteiger partial charge >= 0.3 is 4.87 Å². The molecule has 6 heteroatoms. The SMILES string of the molecule is Cc1ccc(CCCCCC(N)Cc2ccc(O)c3[nH]c(=O)sc23)o1. The van der Waals surface area contributed by atoms with E-state index in [0.29, 0.717) is 11.9 Å². The number of phenolic OH excluding ortho intramolecular Hbond substituents is 1. The zero-order chi connectivity index (χ0) is 17.8. The summed E-state index contributed by atoms with van der Waals surface area (Å²) in [6, 6.07) is 7.58. The highest BCUT2D eigenvalue weighted by atomic mass is 32.1. The summed E-state index contributed by atoms with van der Waals surface area (Å²) in [6.45, 7) is 1.96. The number of thiazole rings is 1. The molecular formula is C19H24N2O3S. The van der Waals surface area contributed by atoms with Crippen LogP contribution in [0.1, 0.15) is 42.8 Å². The Balaban J connectivity index is 1.47. The number of rotatable bonds is 8. The molecule has 1 atom stereocenters. The van der Waals surface area contributed by atoms with Crippen LogP contribution in [0, 0.1) is 6.92 Å². The van der Waals surface area contributed by atoms with E-state index in [1.165, 1.54) is 0 Å². The Bertz CT molecular complexity index is 894. The van der Waals surface area contributed by atoms with E-state index in [1.54, 1.807) is 6.07 Å². The van der Waals surface area contributed by atoms with Gasteiger partial charge in [-0.25, -0.2) is 0 Å². The molecule has 3 aromatic rings. The van der Waals surface area contributed by atoms with Gasteiger partial charge in [-0.2, -0.15) is 0 Å². The Morgan fingerprint density at radius 1 is 1.24 bits per heavy atom. The maximum Gasteiger partial charge on any atom is 0.305 e. The van der Waals surface area contributed by atoms with Crippen LogP contribution >= 0.6 is 11.3 Å². The summed E-state index contributed by atoms with van der Waals surface area (Å²) < 4.78 is 6.38. The van der Waals surface area contributed by atoms with E-state index in [9.17, 15) is 9.90 Å². The van der Waals surface area contributed by atoms with Crippen molar-refractivity contribution in [1.29, 1.82) is 0 Å². The first-order valence-electron chi connectivity index (χ1n) is 8.67. The Morgan fingerprint density at radius 2 is 2.08 bits per heavy atom. The Hall–Kier alpha value is -2.05. The molecule has 0 saturated heterocycles. The molecule has 4 N–H and O–H groups in total. The molecule has 0 aliphatic heterocycles. The van der Waals surface area contributed by atoms with E-state index in [1.807, 2.05) is 25.1 Å². The van der Waals surface area contributed by atoms with Crippen LogP contribution in [0.2, 0.25) is 0 Å². The van der Waals surface area contributed by atoms with Gasteiger partial charge in [0.05, 0.1) is 4.70 Å². The molecule has 25 heavy (non-hydrogen) atoms. The molecule has 0 spiro atoms. The lowest BCUT2D eigenvalue weighted by Crippen LogP contribution is -2.22. The molecule has 2 heterocycles. The summed E-state index contributed by atoms with van der Waals surface area (Å²) in [7, 11) is 0. The number of aromatic nitrogens is 1. The van der Waals surface area contributed by atoms with Gasteiger partial charge in [-0.3, -0.25) is 4.79 Å². The van der Waals surface area contributed by atoms with E-state index >= 15 is 0 Å². The van der Waals surface area contributed by atoms with Crippen molar-refractivity contribution in [3.8, 4) is 5.75 Å². The van der Waals surface area contributed by atoms with Crippen LogP contribution in [-0.2, 0) is 12.8 Å². The first-order valence-corrected chi connectivity index (χ1v) is 9.49. The predicted octanol–water partition coefficient (Wildman–Crippen LogP) is 3.87. The molecule has 2 aromatic heterocycles. The molecule has 134 valence electrons. The maximum absolute atomic E-state index is 11.6. The van der Waals surface area contributed by atoms with Gasteiger partial charge in [-0.1, -0.05) is 30.2 Å². The smallest absolute Gasteiger partial charge is 0.305 e. The molecular weight excluding hydrogens is 336 g/mol.